The quantitative estimate of drug-likeness (QED) is 0.483. The predicted molar refractivity (Wildman–Crippen MR) is 80.7 cm³/mol. The molecule has 0 saturated carbocycles. The van der Waals surface area contributed by atoms with E-state index in [9.17, 15) is 10.0 Å². The first kappa shape index (κ1) is 15.0. The molecule has 4 heteroatoms. The average molecular weight is 285 g/mol. The van der Waals surface area contributed by atoms with Crippen LogP contribution in [-0.4, -0.2) is 11.6 Å². The number of rotatable bonds is 2. The first-order chi connectivity index (χ1) is 9.78. The maximum absolute atomic E-state index is 12.0. The van der Waals surface area contributed by atoms with Gasteiger partial charge in [-0.3, -0.25) is 0 Å². The molecule has 110 valence electrons. The topological polar surface area (TPSA) is 53.2 Å². The number of hydrogen-bond acceptors (Lipinski definition) is 3. The summed E-state index contributed by atoms with van der Waals surface area (Å²) in [5.74, 6) is -0.367. The first-order valence-electron chi connectivity index (χ1n) is 6.80. The summed E-state index contributed by atoms with van der Waals surface area (Å²) in [5, 5.41) is 11.9. The first-order valence-corrected chi connectivity index (χ1v) is 6.80. The van der Waals surface area contributed by atoms with E-state index in [2.05, 4.69) is 0 Å². The van der Waals surface area contributed by atoms with Crippen LogP contribution in [0.2, 0.25) is 0 Å². The predicted octanol–water partition coefficient (Wildman–Crippen LogP) is 3.25. The van der Waals surface area contributed by atoms with Crippen molar-refractivity contribution >= 4 is 5.97 Å². The van der Waals surface area contributed by atoms with Gasteiger partial charge in [0.1, 0.15) is 5.60 Å². The standard InChI is InChI=1S/C17H19NO3/c1-12-6-5-11-18(20)15(12)13-7-9-14(10-8-13)16(19)21-17(2,3)4/h5-11H,1-4H3. The molecule has 0 bridgehead atoms. The molecular weight excluding hydrogens is 266 g/mol. The van der Waals surface area contributed by atoms with Crippen molar-refractivity contribution in [3.63, 3.8) is 0 Å². The third-order valence-electron chi connectivity index (χ3n) is 2.95. The zero-order valence-corrected chi connectivity index (χ0v) is 12.7. The number of aromatic nitrogens is 1. The van der Waals surface area contributed by atoms with Gasteiger partial charge in [-0.25, -0.2) is 4.79 Å². The lowest BCUT2D eigenvalue weighted by Gasteiger charge is -2.19. The van der Waals surface area contributed by atoms with Crippen molar-refractivity contribution in [2.75, 3.05) is 0 Å². The van der Waals surface area contributed by atoms with E-state index >= 15 is 0 Å². The maximum Gasteiger partial charge on any atom is 0.338 e. The molecule has 2 aromatic rings. The molecule has 1 aromatic heterocycles. The van der Waals surface area contributed by atoms with Gasteiger partial charge in [0.05, 0.1) is 5.56 Å². The highest BCUT2D eigenvalue weighted by molar-refractivity contribution is 5.90. The van der Waals surface area contributed by atoms with Crippen LogP contribution >= 0.6 is 0 Å². The molecular formula is C17H19NO3. The van der Waals surface area contributed by atoms with Crippen LogP contribution in [0.25, 0.3) is 11.3 Å². The molecule has 0 aliphatic heterocycles. The lowest BCUT2D eigenvalue weighted by atomic mass is 10.0. The van der Waals surface area contributed by atoms with Gasteiger partial charge in [-0.2, -0.15) is 4.73 Å². The van der Waals surface area contributed by atoms with E-state index in [-0.39, 0.29) is 5.97 Å². The largest absolute Gasteiger partial charge is 0.618 e. The van der Waals surface area contributed by atoms with Crippen LogP contribution < -0.4 is 4.73 Å². The van der Waals surface area contributed by atoms with Crippen molar-refractivity contribution in [1.29, 1.82) is 0 Å². The Balaban J connectivity index is 2.30. The molecule has 4 nitrogen and oxygen atoms in total. The van der Waals surface area contributed by atoms with Crippen molar-refractivity contribution < 1.29 is 14.3 Å². The van der Waals surface area contributed by atoms with Crippen LogP contribution in [0.3, 0.4) is 0 Å². The Bertz CT molecular complexity index is 634. The van der Waals surface area contributed by atoms with Gasteiger partial charge in [-0.15, -0.1) is 0 Å². The number of aryl methyl sites for hydroxylation is 1. The van der Waals surface area contributed by atoms with Crippen molar-refractivity contribution in [2.45, 2.75) is 33.3 Å². The third-order valence-corrected chi connectivity index (χ3v) is 2.95. The summed E-state index contributed by atoms with van der Waals surface area (Å²) in [6.07, 6.45) is 1.46. The van der Waals surface area contributed by atoms with E-state index in [1.54, 1.807) is 30.3 Å². The summed E-state index contributed by atoms with van der Waals surface area (Å²) in [4.78, 5) is 12.0. The number of esters is 1. The zero-order valence-electron chi connectivity index (χ0n) is 12.7. The second-order valence-electron chi connectivity index (χ2n) is 5.94. The number of benzene rings is 1. The van der Waals surface area contributed by atoms with Crippen LogP contribution in [0.15, 0.2) is 42.6 Å². The molecule has 0 amide bonds. The summed E-state index contributed by atoms with van der Waals surface area (Å²) < 4.78 is 6.14. The molecule has 0 radical (unpaired) electrons. The molecule has 1 aromatic carbocycles. The van der Waals surface area contributed by atoms with E-state index in [0.717, 1.165) is 15.9 Å². The second kappa shape index (κ2) is 5.56. The van der Waals surface area contributed by atoms with E-state index < -0.39 is 5.60 Å². The fourth-order valence-corrected chi connectivity index (χ4v) is 2.05. The highest BCUT2D eigenvalue weighted by atomic mass is 16.6. The van der Waals surface area contributed by atoms with Crippen molar-refractivity contribution in [1.82, 2.24) is 0 Å². The fraction of sp³-hybridized carbons (Fsp3) is 0.294. The third kappa shape index (κ3) is 3.60. The molecule has 0 aliphatic rings. The zero-order chi connectivity index (χ0) is 15.6. The number of pyridine rings is 1. The average Bonchev–Trinajstić information content (AvgIpc) is 2.37. The van der Waals surface area contributed by atoms with Crippen LogP contribution in [0.1, 0.15) is 36.7 Å². The van der Waals surface area contributed by atoms with E-state index in [0.29, 0.717) is 11.3 Å². The number of nitrogens with zero attached hydrogens (tertiary/aromatic N) is 1. The van der Waals surface area contributed by atoms with Gasteiger partial charge in [0.2, 0.25) is 5.69 Å². The lowest BCUT2D eigenvalue weighted by molar-refractivity contribution is -0.594. The fourth-order valence-electron chi connectivity index (χ4n) is 2.05. The second-order valence-corrected chi connectivity index (χ2v) is 5.94. The number of ether oxygens (including phenoxy) is 1. The Morgan fingerprint density at radius 2 is 1.76 bits per heavy atom. The molecule has 0 N–H and O–H groups in total. The van der Waals surface area contributed by atoms with Gasteiger partial charge in [-0.05, 0) is 58.0 Å². The Labute approximate surface area is 124 Å². The van der Waals surface area contributed by atoms with Crippen LogP contribution in [0.5, 0.6) is 0 Å². The Kier molecular flexibility index (Phi) is 3.98. The summed E-state index contributed by atoms with van der Waals surface area (Å²) in [7, 11) is 0. The number of carbonyl (C=O) groups excluding carboxylic acids is 1. The van der Waals surface area contributed by atoms with Gasteiger partial charge < -0.3 is 9.94 Å². The molecule has 2 rings (SSSR count). The van der Waals surface area contributed by atoms with E-state index in [1.807, 2.05) is 33.8 Å². The highest BCUT2D eigenvalue weighted by Gasteiger charge is 2.18. The van der Waals surface area contributed by atoms with Gasteiger partial charge in [0.25, 0.3) is 0 Å². The van der Waals surface area contributed by atoms with Crippen LogP contribution in [0, 0.1) is 12.1 Å². The summed E-state index contributed by atoms with van der Waals surface area (Å²) in [6.45, 7) is 7.36. The van der Waals surface area contributed by atoms with Gasteiger partial charge in [0.15, 0.2) is 6.20 Å². The summed E-state index contributed by atoms with van der Waals surface area (Å²) in [6, 6.07) is 10.5. The molecule has 0 atom stereocenters. The SMILES string of the molecule is Cc1ccc[n+]([O-])c1-c1ccc(C(=O)OC(C)(C)C)cc1. The van der Waals surface area contributed by atoms with E-state index in [4.69, 9.17) is 4.74 Å². The minimum absolute atomic E-state index is 0.367. The van der Waals surface area contributed by atoms with E-state index in [1.165, 1.54) is 6.20 Å². The molecule has 1 heterocycles. The summed E-state index contributed by atoms with van der Waals surface area (Å²) >= 11 is 0. The molecule has 0 saturated heterocycles. The van der Waals surface area contributed by atoms with Crippen LogP contribution in [-0.2, 0) is 4.74 Å². The van der Waals surface area contributed by atoms with Crippen molar-refractivity contribution in [3.05, 3.63) is 58.9 Å². The van der Waals surface area contributed by atoms with Gasteiger partial charge >= 0.3 is 5.97 Å². The maximum atomic E-state index is 12.0. The summed E-state index contributed by atoms with van der Waals surface area (Å²) in [5.41, 5.74) is 2.20. The minimum Gasteiger partial charge on any atom is -0.618 e. The monoisotopic (exact) mass is 285 g/mol. The van der Waals surface area contributed by atoms with Gasteiger partial charge in [0, 0.05) is 17.2 Å². The van der Waals surface area contributed by atoms with Gasteiger partial charge in [-0.1, -0.05) is 0 Å². The van der Waals surface area contributed by atoms with Crippen molar-refractivity contribution in [3.8, 4) is 11.3 Å². The molecule has 0 spiro atoms. The number of hydrogen-bond donors (Lipinski definition) is 0. The molecule has 21 heavy (non-hydrogen) atoms. The lowest BCUT2D eigenvalue weighted by Crippen LogP contribution is -2.29. The van der Waals surface area contributed by atoms with Crippen LogP contribution in [0.4, 0.5) is 0 Å². The smallest absolute Gasteiger partial charge is 0.338 e. The normalized spacial score (nSPS) is 11.2. The Hall–Kier alpha value is -2.36. The number of carbonyl (C=O) groups is 1. The minimum atomic E-state index is -0.524. The molecule has 0 aliphatic carbocycles. The Morgan fingerprint density at radius 3 is 2.29 bits per heavy atom. The molecule has 0 unspecified atom stereocenters. The molecule has 0 fully saturated rings. The van der Waals surface area contributed by atoms with Crippen molar-refractivity contribution in [2.24, 2.45) is 0 Å². The Morgan fingerprint density at radius 1 is 1.14 bits per heavy atom. The highest BCUT2D eigenvalue weighted by Crippen LogP contribution is 2.20.